The zero-order valence-electron chi connectivity index (χ0n) is 7.99. The first-order valence-corrected chi connectivity index (χ1v) is 4.19. The molecular weight excluding hydrogens is 168 g/mol. The maximum absolute atomic E-state index is 8.85. The molecule has 13 heavy (non-hydrogen) atoms. The number of anilines is 2. The van der Waals surface area contributed by atoms with E-state index in [0.717, 1.165) is 0 Å². The van der Waals surface area contributed by atoms with Gasteiger partial charge < -0.3 is 16.6 Å². The van der Waals surface area contributed by atoms with Crippen LogP contribution in [0.4, 0.5) is 11.5 Å². The van der Waals surface area contributed by atoms with Crippen LogP contribution in [-0.2, 0) is 5.54 Å². The average molecular weight is 184 g/mol. The molecule has 0 spiro atoms. The summed E-state index contributed by atoms with van der Waals surface area (Å²) in [6.07, 6.45) is 2.12. The first-order chi connectivity index (χ1) is 5.99. The summed E-state index contributed by atoms with van der Waals surface area (Å²) in [5, 5.41) is 12.9. The number of rotatable bonds is 3. The minimum atomic E-state index is -0.295. The van der Waals surface area contributed by atoms with Gasteiger partial charge in [0.15, 0.2) is 0 Å². The molecule has 0 atom stereocenters. The van der Waals surface area contributed by atoms with Gasteiger partial charge in [0.25, 0.3) is 0 Å². The van der Waals surface area contributed by atoms with Gasteiger partial charge in [-0.05, 0) is 20.3 Å². The third-order valence-electron chi connectivity index (χ3n) is 2.13. The molecule has 5 heteroatoms. The topological polar surface area (TPSA) is 90.1 Å². The summed E-state index contributed by atoms with van der Waals surface area (Å²) >= 11 is 0. The van der Waals surface area contributed by atoms with E-state index in [2.05, 4.69) is 5.10 Å². The van der Waals surface area contributed by atoms with Gasteiger partial charge in [-0.25, -0.2) is 4.68 Å². The van der Waals surface area contributed by atoms with Crippen LogP contribution in [0.5, 0.6) is 0 Å². The van der Waals surface area contributed by atoms with E-state index in [1.807, 2.05) is 13.8 Å². The van der Waals surface area contributed by atoms with Gasteiger partial charge in [0.05, 0.1) is 17.4 Å². The number of aromatic nitrogens is 2. The van der Waals surface area contributed by atoms with E-state index in [-0.39, 0.29) is 12.1 Å². The summed E-state index contributed by atoms with van der Waals surface area (Å²) < 4.78 is 1.64. The van der Waals surface area contributed by atoms with E-state index >= 15 is 0 Å². The van der Waals surface area contributed by atoms with Crippen molar-refractivity contribution in [3.8, 4) is 0 Å². The van der Waals surface area contributed by atoms with Crippen LogP contribution >= 0.6 is 0 Å². The Morgan fingerprint density at radius 2 is 2.15 bits per heavy atom. The zero-order chi connectivity index (χ0) is 10.1. The fourth-order valence-corrected chi connectivity index (χ4v) is 1.23. The minimum absolute atomic E-state index is 0.103. The van der Waals surface area contributed by atoms with Gasteiger partial charge in [-0.15, -0.1) is 0 Å². The number of nitrogens with two attached hydrogens (primary N) is 2. The lowest BCUT2D eigenvalue weighted by atomic mass is 10.0. The standard InChI is InChI=1S/C8H16N4O/c1-8(2,3-4-13)12-7(10)6(9)5-11-12/h5,13H,3-4,9-10H2,1-2H3. The summed E-state index contributed by atoms with van der Waals surface area (Å²) in [7, 11) is 0. The van der Waals surface area contributed by atoms with Crippen LogP contribution < -0.4 is 11.5 Å². The van der Waals surface area contributed by atoms with Crippen molar-refractivity contribution in [2.45, 2.75) is 25.8 Å². The number of hydrogen-bond donors (Lipinski definition) is 3. The lowest BCUT2D eigenvalue weighted by Crippen LogP contribution is -2.29. The van der Waals surface area contributed by atoms with Crippen molar-refractivity contribution >= 4 is 11.5 Å². The molecule has 0 bridgehead atoms. The third kappa shape index (κ3) is 1.75. The Balaban J connectivity index is 2.99. The molecule has 1 aromatic rings. The predicted octanol–water partition coefficient (Wildman–Crippen LogP) is 0.165. The monoisotopic (exact) mass is 184 g/mol. The van der Waals surface area contributed by atoms with E-state index in [1.54, 1.807) is 4.68 Å². The lowest BCUT2D eigenvalue weighted by Gasteiger charge is -2.25. The third-order valence-corrected chi connectivity index (χ3v) is 2.13. The van der Waals surface area contributed by atoms with Crippen LogP contribution in [0.1, 0.15) is 20.3 Å². The average Bonchev–Trinajstić information content (AvgIpc) is 2.33. The molecule has 0 aliphatic heterocycles. The van der Waals surface area contributed by atoms with Crippen molar-refractivity contribution in [2.75, 3.05) is 18.1 Å². The van der Waals surface area contributed by atoms with Crippen molar-refractivity contribution in [2.24, 2.45) is 0 Å². The van der Waals surface area contributed by atoms with Crippen LogP contribution in [-0.4, -0.2) is 21.5 Å². The number of aliphatic hydroxyl groups excluding tert-OH is 1. The molecule has 0 saturated carbocycles. The molecule has 5 N–H and O–H groups in total. The summed E-state index contributed by atoms with van der Waals surface area (Å²) in [5.41, 5.74) is 11.5. The second-order valence-corrected chi connectivity index (χ2v) is 3.68. The molecule has 5 nitrogen and oxygen atoms in total. The van der Waals surface area contributed by atoms with E-state index < -0.39 is 0 Å². The molecule has 0 aromatic carbocycles. The molecule has 0 aliphatic rings. The van der Waals surface area contributed by atoms with Crippen LogP contribution in [0.2, 0.25) is 0 Å². The molecule has 0 unspecified atom stereocenters. The second-order valence-electron chi connectivity index (χ2n) is 3.68. The van der Waals surface area contributed by atoms with Crippen molar-refractivity contribution in [1.82, 2.24) is 9.78 Å². The maximum Gasteiger partial charge on any atom is 0.145 e. The molecule has 0 amide bonds. The van der Waals surface area contributed by atoms with Gasteiger partial charge in [0.1, 0.15) is 5.82 Å². The van der Waals surface area contributed by atoms with Crippen molar-refractivity contribution in [1.29, 1.82) is 0 Å². The summed E-state index contributed by atoms with van der Waals surface area (Å²) in [5.74, 6) is 0.457. The molecule has 1 heterocycles. The lowest BCUT2D eigenvalue weighted by molar-refractivity contribution is 0.203. The largest absolute Gasteiger partial charge is 0.396 e. The van der Waals surface area contributed by atoms with Gasteiger partial charge in [-0.3, -0.25) is 0 Å². The second kappa shape index (κ2) is 3.26. The Hall–Kier alpha value is -1.23. The Morgan fingerprint density at radius 1 is 1.54 bits per heavy atom. The molecular formula is C8H16N4O. The smallest absolute Gasteiger partial charge is 0.145 e. The van der Waals surface area contributed by atoms with Crippen LogP contribution in [0.3, 0.4) is 0 Å². The number of aliphatic hydroxyl groups is 1. The normalized spacial score (nSPS) is 11.9. The number of nitrogens with zero attached hydrogens (tertiary/aromatic N) is 2. The first kappa shape index (κ1) is 9.85. The highest BCUT2D eigenvalue weighted by atomic mass is 16.3. The fourth-order valence-electron chi connectivity index (χ4n) is 1.23. The van der Waals surface area contributed by atoms with Crippen LogP contribution in [0, 0.1) is 0 Å². The highest BCUT2D eigenvalue weighted by Gasteiger charge is 2.23. The molecule has 74 valence electrons. The Kier molecular flexibility index (Phi) is 2.47. The molecule has 0 radical (unpaired) electrons. The van der Waals surface area contributed by atoms with Crippen LogP contribution in [0.25, 0.3) is 0 Å². The summed E-state index contributed by atoms with van der Waals surface area (Å²) in [4.78, 5) is 0. The molecule has 1 aromatic heterocycles. The maximum atomic E-state index is 8.85. The van der Waals surface area contributed by atoms with E-state index in [4.69, 9.17) is 16.6 Å². The SMILES string of the molecule is CC(C)(CCO)n1ncc(N)c1N. The van der Waals surface area contributed by atoms with Crippen molar-refractivity contribution in [3.05, 3.63) is 6.20 Å². The number of nitrogen functional groups attached to an aromatic ring is 2. The molecule has 0 fully saturated rings. The van der Waals surface area contributed by atoms with Gasteiger partial charge in [-0.2, -0.15) is 5.10 Å². The number of hydrogen-bond acceptors (Lipinski definition) is 4. The van der Waals surface area contributed by atoms with Crippen molar-refractivity contribution in [3.63, 3.8) is 0 Å². The Bertz CT molecular complexity index is 292. The quantitative estimate of drug-likeness (QED) is 0.624. The van der Waals surface area contributed by atoms with Gasteiger partial charge in [0.2, 0.25) is 0 Å². The van der Waals surface area contributed by atoms with Crippen LogP contribution in [0.15, 0.2) is 6.20 Å². The highest BCUT2D eigenvalue weighted by Crippen LogP contribution is 2.25. The minimum Gasteiger partial charge on any atom is -0.396 e. The summed E-state index contributed by atoms with van der Waals surface area (Å²) in [6, 6.07) is 0. The predicted molar refractivity (Wildman–Crippen MR) is 52.1 cm³/mol. The fraction of sp³-hybridized carbons (Fsp3) is 0.625. The van der Waals surface area contributed by atoms with E-state index in [1.165, 1.54) is 6.20 Å². The van der Waals surface area contributed by atoms with Gasteiger partial charge in [0, 0.05) is 6.61 Å². The first-order valence-electron chi connectivity index (χ1n) is 4.19. The van der Waals surface area contributed by atoms with Gasteiger partial charge >= 0.3 is 0 Å². The molecule has 0 saturated heterocycles. The summed E-state index contributed by atoms with van der Waals surface area (Å²) in [6.45, 7) is 4.00. The van der Waals surface area contributed by atoms with Gasteiger partial charge in [-0.1, -0.05) is 0 Å². The van der Waals surface area contributed by atoms with E-state index in [0.29, 0.717) is 17.9 Å². The Labute approximate surface area is 77.3 Å². The van der Waals surface area contributed by atoms with E-state index in [9.17, 15) is 0 Å². The molecule has 1 rings (SSSR count). The zero-order valence-corrected chi connectivity index (χ0v) is 7.99. The molecule has 0 aliphatic carbocycles. The van der Waals surface area contributed by atoms with Crippen molar-refractivity contribution < 1.29 is 5.11 Å². The Morgan fingerprint density at radius 3 is 2.54 bits per heavy atom. The highest BCUT2D eigenvalue weighted by molar-refractivity contribution is 5.57.